The lowest BCUT2D eigenvalue weighted by atomic mass is 9.92. The molecular weight excluding hydrogens is 283 g/mol. The predicted molar refractivity (Wildman–Crippen MR) is 79.3 cm³/mol. The summed E-state index contributed by atoms with van der Waals surface area (Å²) in [5.74, 6) is -0.733. The van der Waals surface area contributed by atoms with E-state index < -0.39 is 17.4 Å². The number of carbonyl (C=O) groups excluding carboxylic acids is 2. The van der Waals surface area contributed by atoms with Crippen LogP contribution in [0.2, 0.25) is 0 Å². The van der Waals surface area contributed by atoms with Crippen molar-refractivity contribution in [3.05, 3.63) is 71.5 Å². The Balaban J connectivity index is 1.89. The third-order valence-electron chi connectivity index (χ3n) is 3.86. The fourth-order valence-electron chi connectivity index (χ4n) is 2.63. The first-order valence-electron chi connectivity index (χ1n) is 6.95. The molecule has 22 heavy (non-hydrogen) atoms. The number of hydrogen-bond acceptors (Lipinski definition) is 2. The molecule has 0 aliphatic carbocycles. The van der Waals surface area contributed by atoms with E-state index in [2.05, 4.69) is 5.32 Å². The van der Waals surface area contributed by atoms with E-state index >= 15 is 0 Å². The summed E-state index contributed by atoms with van der Waals surface area (Å²) < 4.78 is 13.2. The number of carbonyl (C=O) groups is 2. The minimum atomic E-state index is -1.09. The zero-order valence-electron chi connectivity index (χ0n) is 12.0. The normalized spacial score (nSPS) is 21.1. The Morgan fingerprint density at radius 3 is 2.50 bits per heavy atom. The van der Waals surface area contributed by atoms with Gasteiger partial charge in [0.2, 0.25) is 0 Å². The Hall–Kier alpha value is -2.69. The first kappa shape index (κ1) is 14.3. The second-order valence-electron chi connectivity index (χ2n) is 5.44. The number of nitrogens with zero attached hydrogens (tertiary/aromatic N) is 1. The molecule has 2 aromatic rings. The highest BCUT2D eigenvalue weighted by Crippen LogP contribution is 2.29. The monoisotopic (exact) mass is 298 g/mol. The lowest BCUT2D eigenvalue weighted by Gasteiger charge is -2.22. The van der Waals surface area contributed by atoms with Crippen molar-refractivity contribution < 1.29 is 14.0 Å². The third-order valence-corrected chi connectivity index (χ3v) is 3.86. The smallest absolute Gasteiger partial charge is 0.319 e. The molecule has 1 aliphatic heterocycles. The zero-order valence-corrected chi connectivity index (χ0v) is 12.0. The van der Waals surface area contributed by atoms with Gasteiger partial charge in [0.1, 0.15) is 11.4 Å². The molecule has 112 valence electrons. The topological polar surface area (TPSA) is 49.4 Å². The van der Waals surface area contributed by atoms with E-state index in [1.165, 1.54) is 12.1 Å². The quantitative estimate of drug-likeness (QED) is 0.886. The fourth-order valence-corrected chi connectivity index (χ4v) is 2.63. The average molecular weight is 298 g/mol. The Morgan fingerprint density at radius 2 is 1.82 bits per heavy atom. The summed E-state index contributed by atoms with van der Waals surface area (Å²) in [5, 5.41) is 2.72. The lowest BCUT2D eigenvalue weighted by molar-refractivity contribution is -0.131. The highest BCUT2D eigenvalue weighted by Gasteiger charge is 2.48. The van der Waals surface area contributed by atoms with Crippen molar-refractivity contribution in [1.82, 2.24) is 10.2 Å². The summed E-state index contributed by atoms with van der Waals surface area (Å²) >= 11 is 0. The fraction of sp³-hybridized carbons (Fsp3) is 0.176. The number of nitrogens with one attached hydrogen (secondary N) is 1. The van der Waals surface area contributed by atoms with Gasteiger partial charge in [-0.15, -0.1) is 0 Å². The summed E-state index contributed by atoms with van der Waals surface area (Å²) in [6.45, 7) is 1.72. The molecule has 3 rings (SSSR count). The second-order valence-corrected chi connectivity index (χ2v) is 5.44. The molecule has 1 fully saturated rings. The van der Waals surface area contributed by atoms with Crippen LogP contribution in [0.4, 0.5) is 9.18 Å². The number of hydrogen-bond donors (Lipinski definition) is 1. The van der Waals surface area contributed by atoms with Crippen LogP contribution in [0, 0.1) is 5.82 Å². The summed E-state index contributed by atoms with van der Waals surface area (Å²) in [5.41, 5.74) is 0.196. The van der Waals surface area contributed by atoms with Crippen LogP contribution in [-0.4, -0.2) is 16.8 Å². The Bertz CT molecular complexity index is 732. The maximum Gasteiger partial charge on any atom is 0.325 e. The largest absolute Gasteiger partial charge is 0.325 e. The average Bonchev–Trinajstić information content (AvgIpc) is 2.73. The number of halogens is 1. The molecule has 0 spiro atoms. The maximum atomic E-state index is 13.2. The van der Waals surface area contributed by atoms with Crippen molar-refractivity contribution in [2.45, 2.75) is 19.0 Å². The van der Waals surface area contributed by atoms with Gasteiger partial charge in [0.05, 0.1) is 6.54 Å². The molecule has 0 radical (unpaired) electrons. The van der Waals surface area contributed by atoms with Gasteiger partial charge >= 0.3 is 6.03 Å². The second kappa shape index (κ2) is 5.26. The van der Waals surface area contributed by atoms with Crippen molar-refractivity contribution in [3.8, 4) is 0 Å². The van der Waals surface area contributed by atoms with Gasteiger partial charge in [-0.3, -0.25) is 9.69 Å². The molecule has 0 bridgehead atoms. The Kier molecular flexibility index (Phi) is 3.41. The number of amides is 3. The van der Waals surface area contributed by atoms with Gasteiger partial charge in [0.15, 0.2) is 0 Å². The van der Waals surface area contributed by atoms with Gasteiger partial charge in [0, 0.05) is 0 Å². The van der Waals surface area contributed by atoms with Crippen molar-refractivity contribution in [2.75, 3.05) is 0 Å². The van der Waals surface area contributed by atoms with Gasteiger partial charge < -0.3 is 5.32 Å². The number of rotatable bonds is 3. The zero-order chi connectivity index (χ0) is 15.7. The van der Waals surface area contributed by atoms with Gasteiger partial charge in [-0.05, 0) is 30.2 Å². The van der Waals surface area contributed by atoms with E-state index in [0.717, 1.165) is 10.5 Å². The first-order valence-corrected chi connectivity index (χ1v) is 6.95. The van der Waals surface area contributed by atoms with E-state index in [1.807, 2.05) is 18.2 Å². The van der Waals surface area contributed by atoms with E-state index in [4.69, 9.17) is 0 Å². The van der Waals surface area contributed by atoms with Crippen molar-refractivity contribution >= 4 is 11.9 Å². The molecule has 4 nitrogen and oxygen atoms in total. The van der Waals surface area contributed by atoms with Crippen LogP contribution >= 0.6 is 0 Å². The summed E-state index contributed by atoms with van der Waals surface area (Å²) in [6, 6.07) is 14.5. The van der Waals surface area contributed by atoms with Crippen LogP contribution in [0.3, 0.4) is 0 Å². The molecule has 1 atom stereocenters. The highest BCUT2D eigenvalue weighted by atomic mass is 19.1. The first-order chi connectivity index (χ1) is 10.5. The molecule has 1 aliphatic rings. The number of urea groups is 1. The highest BCUT2D eigenvalue weighted by molar-refractivity contribution is 6.07. The van der Waals surface area contributed by atoms with Crippen LogP contribution in [0.15, 0.2) is 54.6 Å². The van der Waals surface area contributed by atoms with Gasteiger partial charge in [-0.2, -0.15) is 0 Å². The molecule has 1 heterocycles. The van der Waals surface area contributed by atoms with Crippen LogP contribution in [-0.2, 0) is 16.9 Å². The molecule has 0 saturated carbocycles. The summed E-state index contributed by atoms with van der Waals surface area (Å²) in [6.07, 6.45) is 0. The molecule has 5 heteroatoms. The summed E-state index contributed by atoms with van der Waals surface area (Å²) in [7, 11) is 0. The molecule has 0 aromatic heterocycles. The van der Waals surface area contributed by atoms with Crippen LogP contribution in [0.25, 0.3) is 0 Å². The summed E-state index contributed by atoms with van der Waals surface area (Å²) in [4.78, 5) is 26.0. The van der Waals surface area contributed by atoms with Gasteiger partial charge in [-0.1, -0.05) is 42.5 Å². The van der Waals surface area contributed by atoms with E-state index in [1.54, 1.807) is 31.2 Å². The Morgan fingerprint density at radius 1 is 1.09 bits per heavy atom. The van der Waals surface area contributed by atoms with Crippen molar-refractivity contribution in [3.63, 3.8) is 0 Å². The van der Waals surface area contributed by atoms with Crippen molar-refractivity contribution in [2.24, 2.45) is 0 Å². The molecule has 3 amide bonds. The van der Waals surface area contributed by atoms with E-state index in [9.17, 15) is 14.0 Å². The number of benzene rings is 2. The van der Waals surface area contributed by atoms with Gasteiger partial charge in [0.25, 0.3) is 5.91 Å². The van der Waals surface area contributed by atoms with E-state index in [0.29, 0.717) is 5.56 Å². The van der Waals surface area contributed by atoms with Crippen LogP contribution in [0.5, 0.6) is 0 Å². The van der Waals surface area contributed by atoms with E-state index in [-0.39, 0.29) is 12.5 Å². The SMILES string of the molecule is C[C@@]1(c2ccccc2)NC(=O)N(Cc2cccc(F)c2)C1=O. The minimum Gasteiger partial charge on any atom is -0.319 e. The molecule has 1 saturated heterocycles. The standard InChI is InChI=1S/C17H15FN2O2/c1-17(13-7-3-2-4-8-13)15(21)20(16(22)19-17)11-12-6-5-9-14(18)10-12/h2-10H,11H2,1H3,(H,19,22)/t17-/m0/s1. The van der Waals surface area contributed by atoms with Gasteiger partial charge in [-0.25, -0.2) is 9.18 Å². The van der Waals surface area contributed by atoms with Crippen molar-refractivity contribution in [1.29, 1.82) is 0 Å². The molecular formula is C17H15FN2O2. The van der Waals surface area contributed by atoms with Crippen LogP contribution < -0.4 is 5.32 Å². The minimum absolute atomic E-state index is 0.0465. The van der Waals surface area contributed by atoms with Crippen LogP contribution in [0.1, 0.15) is 18.1 Å². The molecule has 0 unspecified atom stereocenters. The third kappa shape index (κ3) is 2.35. The maximum absolute atomic E-state index is 13.2. The predicted octanol–water partition coefficient (Wildman–Crippen LogP) is 2.79. The Labute approximate surface area is 127 Å². The molecule has 2 aromatic carbocycles. The molecule has 1 N–H and O–H groups in total. The lowest BCUT2D eigenvalue weighted by Crippen LogP contribution is -2.40. The number of imide groups is 1.